The Morgan fingerprint density at radius 3 is 2.39 bits per heavy atom. The van der Waals surface area contributed by atoms with Gasteiger partial charge in [0.05, 0.1) is 0 Å². The van der Waals surface area contributed by atoms with Crippen LogP contribution in [0, 0.1) is 0 Å². The van der Waals surface area contributed by atoms with Gasteiger partial charge >= 0.3 is 0 Å². The van der Waals surface area contributed by atoms with Crippen molar-refractivity contribution in [3.8, 4) is 0 Å². The lowest BCUT2D eigenvalue weighted by atomic mass is 10.2. The van der Waals surface area contributed by atoms with E-state index in [-0.39, 0.29) is 0 Å². The summed E-state index contributed by atoms with van der Waals surface area (Å²) in [6, 6.07) is 1.45. The molecule has 2 rings (SSSR count). The van der Waals surface area contributed by atoms with E-state index in [0.29, 0.717) is 6.04 Å². The SMILES string of the molecule is CC(C)N1CCC(NCCN2CCCCCC2)C1. The number of nitrogens with zero attached hydrogens (tertiary/aromatic N) is 2. The van der Waals surface area contributed by atoms with Crippen LogP contribution in [-0.2, 0) is 0 Å². The predicted molar refractivity (Wildman–Crippen MR) is 78.0 cm³/mol. The molecule has 0 bridgehead atoms. The minimum Gasteiger partial charge on any atom is -0.311 e. The number of nitrogens with one attached hydrogen (secondary N) is 1. The van der Waals surface area contributed by atoms with Gasteiger partial charge in [-0.1, -0.05) is 12.8 Å². The molecule has 0 aliphatic carbocycles. The molecule has 0 spiro atoms. The van der Waals surface area contributed by atoms with E-state index in [4.69, 9.17) is 0 Å². The summed E-state index contributed by atoms with van der Waals surface area (Å²) in [6.07, 6.45) is 7.03. The largest absolute Gasteiger partial charge is 0.311 e. The van der Waals surface area contributed by atoms with Crippen LogP contribution in [0.15, 0.2) is 0 Å². The Balaban J connectivity index is 1.58. The summed E-state index contributed by atoms with van der Waals surface area (Å²) in [5, 5.41) is 3.75. The van der Waals surface area contributed by atoms with Crippen molar-refractivity contribution in [3.63, 3.8) is 0 Å². The van der Waals surface area contributed by atoms with Gasteiger partial charge in [-0.05, 0) is 52.7 Å². The van der Waals surface area contributed by atoms with Crippen LogP contribution in [0.4, 0.5) is 0 Å². The van der Waals surface area contributed by atoms with Gasteiger partial charge in [-0.2, -0.15) is 0 Å². The quantitative estimate of drug-likeness (QED) is 0.808. The second-order valence-corrected chi connectivity index (χ2v) is 6.28. The molecule has 2 fully saturated rings. The maximum atomic E-state index is 3.75. The van der Waals surface area contributed by atoms with E-state index in [2.05, 4.69) is 29.0 Å². The molecule has 0 radical (unpaired) electrons. The normalized spacial score (nSPS) is 27.8. The fourth-order valence-corrected chi connectivity index (χ4v) is 3.21. The number of likely N-dealkylation sites (tertiary alicyclic amines) is 2. The van der Waals surface area contributed by atoms with Gasteiger partial charge in [0.1, 0.15) is 0 Å². The van der Waals surface area contributed by atoms with Crippen LogP contribution in [0.25, 0.3) is 0 Å². The Labute approximate surface area is 113 Å². The van der Waals surface area contributed by atoms with E-state index >= 15 is 0 Å². The molecule has 0 saturated carbocycles. The van der Waals surface area contributed by atoms with Gasteiger partial charge in [0, 0.05) is 31.7 Å². The van der Waals surface area contributed by atoms with Crippen LogP contribution in [0.1, 0.15) is 46.0 Å². The Morgan fingerprint density at radius 1 is 1.06 bits per heavy atom. The number of rotatable bonds is 5. The average molecular weight is 253 g/mol. The third-order valence-corrected chi connectivity index (χ3v) is 4.51. The fourth-order valence-electron chi connectivity index (χ4n) is 3.21. The van der Waals surface area contributed by atoms with Crippen molar-refractivity contribution in [3.05, 3.63) is 0 Å². The first-order valence-electron chi connectivity index (χ1n) is 7.95. The van der Waals surface area contributed by atoms with Crippen molar-refractivity contribution in [2.45, 2.75) is 58.0 Å². The van der Waals surface area contributed by atoms with E-state index in [1.165, 1.54) is 71.4 Å². The van der Waals surface area contributed by atoms with Gasteiger partial charge in [-0.25, -0.2) is 0 Å². The van der Waals surface area contributed by atoms with Crippen molar-refractivity contribution >= 4 is 0 Å². The molecule has 2 aliphatic heterocycles. The molecule has 0 aromatic heterocycles. The zero-order valence-electron chi connectivity index (χ0n) is 12.3. The highest BCUT2D eigenvalue weighted by Crippen LogP contribution is 2.12. The lowest BCUT2D eigenvalue weighted by molar-refractivity contribution is 0.259. The van der Waals surface area contributed by atoms with E-state index < -0.39 is 0 Å². The van der Waals surface area contributed by atoms with Crippen molar-refractivity contribution < 1.29 is 0 Å². The molecule has 18 heavy (non-hydrogen) atoms. The van der Waals surface area contributed by atoms with Crippen molar-refractivity contribution in [1.29, 1.82) is 0 Å². The minimum absolute atomic E-state index is 0.711. The van der Waals surface area contributed by atoms with Crippen LogP contribution < -0.4 is 5.32 Å². The van der Waals surface area contributed by atoms with Crippen LogP contribution >= 0.6 is 0 Å². The zero-order chi connectivity index (χ0) is 12.8. The first-order chi connectivity index (χ1) is 8.75. The van der Waals surface area contributed by atoms with Gasteiger partial charge < -0.3 is 10.2 Å². The monoisotopic (exact) mass is 253 g/mol. The third kappa shape index (κ3) is 4.52. The first kappa shape index (κ1) is 14.3. The minimum atomic E-state index is 0.711. The van der Waals surface area contributed by atoms with Gasteiger partial charge in [-0.15, -0.1) is 0 Å². The Kier molecular flexibility index (Phi) is 5.93. The average Bonchev–Trinajstić information content (AvgIpc) is 2.67. The van der Waals surface area contributed by atoms with Crippen LogP contribution in [0.3, 0.4) is 0 Å². The highest BCUT2D eigenvalue weighted by atomic mass is 15.2. The molecule has 3 nitrogen and oxygen atoms in total. The smallest absolute Gasteiger partial charge is 0.0207 e. The molecular formula is C15H31N3. The van der Waals surface area contributed by atoms with Crippen LogP contribution in [0.5, 0.6) is 0 Å². The van der Waals surface area contributed by atoms with Gasteiger partial charge in [0.25, 0.3) is 0 Å². The van der Waals surface area contributed by atoms with Crippen LogP contribution in [-0.4, -0.2) is 61.2 Å². The second kappa shape index (κ2) is 7.46. The zero-order valence-corrected chi connectivity index (χ0v) is 12.3. The van der Waals surface area contributed by atoms with E-state index in [0.717, 1.165) is 6.04 Å². The Bertz CT molecular complexity index is 222. The number of hydrogen-bond acceptors (Lipinski definition) is 3. The molecule has 0 aromatic carbocycles. The predicted octanol–water partition coefficient (Wildman–Crippen LogP) is 1.93. The van der Waals surface area contributed by atoms with E-state index in [1.54, 1.807) is 0 Å². The number of hydrogen-bond donors (Lipinski definition) is 1. The molecule has 1 N–H and O–H groups in total. The van der Waals surface area contributed by atoms with Gasteiger partial charge in [-0.3, -0.25) is 4.90 Å². The molecule has 2 heterocycles. The van der Waals surface area contributed by atoms with Crippen molar-refractivity contribution in [2.75, 3.05) is 39.3 Å². The maximum absolute atomic E-state index is 3.75. The molecule has 2 saturated heterocycles. The standard InChI is InChI=1S/C15H31N3/c1-14(2)18-11-7-15(13-18)16-8-12-17-9-5-3-4-6-10-17/h14-16H,3-13H2,1-2H3. The lowest BCUT2D eigenvalue weighted by Gasteiger charge is -2.22. The summed E-state index contributed by atoms with van der Waals surface area (Å²) in [5.74, 6) is 0. The molecular weight excluding hydrogens is 222 g/mol. The van der Waals surface area contributed by atoms with E-state index in [9.17, 15) is 0 Å². The van der Waals surface area contributed by atoms with Crippen molar-refractivity contribution in [2.24, 2.45) is 0 Å². The van der Waals surface area contributed by atoms with Crippen molar-refractivity contribution in [1.82, 2.24) is 15.1 Å². The summed E-state index contributed by atoms with van der Waals surface area (Å²) < 4.78 is 0. The summed E-state index contributed by atoms with van der Waals surface area (Å²) in [5.41, 5.74) is 0. The Hall–Kier alpha value is -0.120. The van der Waals surface area contributed by atoms with E-state index in [1.807, 2.05) is 0 Å². The van der Waals surface area contributed by atoms with Gasteiger partial charge in [0.2, 0.25) is 0 Å². The summed E-state index contributed by atoms with van der Waals surface area (Å²) in [4.78, 5) is 5.23. The lowest BCUT2D eigenvalue weighted by Crippen LogP contribution is -2.39. The highest BCUT2D eigenvalue weighted by molar-refractivity contribution is 4.82. The van der Waals surface area contributed by atoms with Gasteiger partial charge in [0.15, 0.2) is 0 Å². The molecule has 1 atom stereocenters. The second-order valence-electron chi connectivity index (χ2n) is 6.28. The molecule has 0 aromatic rings. The summed E-state index contributed by atoms with van der Waals surface area (Å²) in [6.45, 7) is 12.2. The molecule has 1 unspecified atom stereocenters. The molecule has 106 valence electrons. The first-order valence-corrected chi connectivity index (χ1v) is 7.95. The third-order valence-electron chi connectivity index (χ3n) is 4.51. The topological polar surface area (TPSA) is 18.5 Å². The summed E-state index contributed by atoms with van der Waals surface area (Å²) >= 11 is 0. The Morgan fingerprint density at radius 2 is 1.78 bits per heavy atom. The summed E-state index contributed by atoms with van der Waals surface area (Å²) in [7, 11) is 0. The van der Waals surface area contributed by atoms with Crippen LogP contribution in [0.2, 0.25) is 0 Å². The fraction of sp³-hybridized carbons (Fsp3) is 1.00. The maximum Gasteiger partial charge on any atom is 0.0207 e. The molecule has 2 aliphatic rings. The molecule has 3 heteroatoms. The highest BCUT2D eigenvalue weighted by Gasteiger charge is 2.23. The molecule has 0 amide bonds.